The highest BCUT2D eigenvalue weighted by atomic mass is 16.5. The average molecular weight is 515 g/mol. The number of amides is 1. The molecule has 1 aliphatic heterocycles. The molecule has 1 saturated heterocycles. The Labute approximate surface area is 220 Å². The van der Waals surface area contributed by atoms with Crippen LogP contribution in [-0.2, 0) is 21.5 Å². The van der Waals surface area contributed by atoms with Gasteiger partial charge in [-0.2, -0.15) is 10.1 Å². The third-order valence-electron chi connectivity index (χ3n) is 7.78. The molecule has 11 heteroatoms. The van der Waals surface area contributed by atoms with E-state index in [1.807, 2.05) is 4.90 Å². The van der Waals surface area contributed by atoms with Gasteiger partial charge in [-0.25, -0.2) is 9.97 Å². The average Bonchev–Trinajstić information content (AvgIpc) is 3.31. The van der Waals surface area contributed by atoms with Gasteiger partial charge in [-0.05, 0) is 43.2 Å². The van der Waals surface area contributed by atoms with E-state index >= 15 is 0 Å². The third kappa shape index (κ3) is 4.53. The molecule has 2 fully saturated rings. The minimum Gasteiger partial charge on any atom is -0.380 e. The van der Waals surface area contributed by atoms with Crippen molar-refractivity contribution in [3.63, 3.8) is 0 Å². The van der Waals surface area contributed by atoms with Crippen LogP contribution >= 0.6 is 0 Å². The number of ether oxygens (including phenoxy) is 1. The van der Waals surface area contributed by atoms with Gasteiger partial charge >= 0.3 is 0 Å². The number of methoxy groups -OCH3 is 1. The standard InChI is InChI=1S/C27H30N8O3/c1-27(21-7-8-21,20-5-3-17(4-6-20)18-11-29-26(28)30-12-18)25-32-24(38-33-25)19-13-31-35(14-19)16-23(36)34-10-9-22(15-34)37-2/h3-6,11-14,21-22H,7-10,15-16H2,1-2H3,(H2,28,29,30)/t22-,27+/m1/s1. The van der Waals surface area contributed by atoms with Gasteiger partial charge in [0.15, 0.2) is 5.82 Å². The normalized spacial score (nSPS) is 19.0. The maximum absolute atomic E-state index is 12.7. The summed E-state index contributed by atoms with van der Waals surface area (Å²) < 4.78 is 12.7. The van der Waals surface area contributed by atoms with Crippen LogP contribution in [0.3, 0.4) is 0 Å². The number of carbonyl (C=O) groups is 1. The monoisotopic (exact) mass is 514 g/mol. The maximum Gasteiger partial charge on any atom is 0.261 e. The van der Waals surface area contributed by atoms with Crippen LogP contribution in [0.4, 0.5) is 5.95 Å². The van der Waals surface area contributed by atoms with E-state index in [9.17, 15) is 4.79 Å². The van der Waals surface area contributed by atoms with Gasteiger partial charge in [-0.3, -0.25) is 9.48 Å². The lowest BCUT2D eigenvalue weighted by Gasteiger charge is -2.27. The molecule has 2 N–H and O–H groups in total. The Morgan fingerprint density at radius 1 is 1.11 bits per heavy atom. The molecule has 2 atom stereocenters. The fourth-order valence-corrected chi connectivity index (χ4v) is 5.20. The Morgan fingerprint density at radius 2 is 1.87 bits per heavy atom. The van der Waals surface area contributed by atoms with E-state index in [0.717, 1.165) is 36.0 Å². The van der Waals surface area contributed by atoms with E-state index < -0.39 is 5.41 Å². The number of hydrogen-bond acceptors (Lipinski definition) is 9. The molecule has 3 aromatic heterocycles. The zero-order chi connectivity index (χ0) is 26.3. The van der Waals surface area contributed by atoms with Crippen LogP contribution in [0, 0.1) is 5.92 Å². The molecular weight excluding hydrogens is 484 g/mol. The molecule has 0 unspecified atom stereocenters. The first-order valence-corrected chi connectivity index (χ1v) is 12.8. The van der Waals surface area contributed by atoms with Crippen LogP contribution in [0.15, 0.2) is 53.6 Å². The molecule has 4 heterocycles. The van der Waals surface area contributed by atoms with Gasteiger partial charge in [0.05, 0.1) is 23.3 Å². The number of nitrogen functional groups attached to an aromatic ring is 1. The molecule has 196 valence electrons. The number of nitrogens with zero attached hydrogens (tertiary/aromatic N) is 7. The van der Waals surface area contributed by atoms with Crippen LogP contribution in [0.2, 0.25) is 0 Å². The number of likely N-dealkylation sites (tertiary alicyclic amines) is 1. The molecular formula is C27H30N8O3. The summed E-state index contributed by atoms with van der Waals surface area (Å²) in [6.07, 6.45) is 10.0. The smallest absolute Gasteiger partial charge is 0.261 e. The van der Waals surface area contributed by atoms with Crippen LogP contribution < -0.4 is 5.73 Å². The Balaban J connectivity index is 1.20. The van der Waals surface area contributed by atoms with Gasteiger partial charge in [0, 0.05) is 44.4 Å². The van der Waals surface area contributed by atoms with Gasteiger partial charge in [-0.15, -0.1) is 0 Å². The number of aromatic nitrogens is 6. The Morgan fingerprint density at radius 3 is 2.55 bits per heavy atom. The lowest BCUT2D eigenvalue weighted by molar-refractivity contribution is -0.131. The van der Waals surface area contributed by atoms with Crippen molar-refractivity contribution in [1.29, 1.82) is 0 Å². The molecule has 11 nitrogen and oxygen atoms in total. The summed E-state index contributed by atoms with van der Waals surface area (Å²) in [5, 5.41) is 8.75. The lowest BCUT2D eigenvalue weighted by Crippen LogP contribution is -2.33. The predicted octanol–water partition coefficient (Wildman–Crippen LogP) is 2.94. The molecule has 0 radical (unpaired) electrons. The van der Waals surface area contributed by atoms with E-state index in [0.29, 0.717) is 36.3 Å². The highest BCUT2D eigenvalue weighted by molar-refractivity contribution is 5.76. The third-order valence-corrected chi connectivity index (χ3v) is 7.78. The van der Waals surface area contributed by atoms with E-state index in [4.69, 9.17) is 20.0 Å². The molecule has 0 spiro atoms. The van der Waals surface area contributed by atoms with Crippen LogP contribution in [0.5, 0.6) is 0 Å². The van der Waals surface area contributed by atoms with E-state index in [-0.39, 0.29) is 24.5 Å². The minimum atomic E-state index is -0.391. The molecule has 1 aromatic carbocycles. The number of anilines is 1. The molecule has 1 aliphatic carbocycles. The highest BCUT2D eigenvalue weighted by Gasteiger charge is 2.47. The molecule has 4 aromatic rings. The second-order valence-corrected chi connectivity index (χ2v) is 10.2. The van der Waals surface area contributed by atoms with Gasteiger partial charge < -0.3 is 19.9 Å². The SMILES string of the molecule is CO[C@@H]1CCN(C(=O)Cn2cc(-c3nc([C@@](C)(c4ccc(-c5cnc(N)nc5)cc4)C4CC4)no3)cn2)C1. The first-order valence-electron chi connectivity index (χ1n) is 12.8. The summed E-state index contributed by atoms with van der Waals surface area (Å²) in [4.78, 5) is 27.5. The van der Waals surface area contributed by atoms with Gasteiger partial charge in [0.1, 0.15) is 6.54 Å². The molecule has 6 rings (SSSR count). The van der Waals surface area contributed by atoms with E-state index in [1.165, 1.54) is 0 Å². The number of benzene rings is 1. The zero-order valence-electron chi connectivity index (χ0n) is 21.4. The quantitative estimate of drug-likeness (QED) is 0.376. The largest absolute Gasteiger partial charge is 0.380 e. The second kappa shape index (κ2) is 9.64. The lowest BCUT2D eigenvalue weighted by atomic mass is 9.77. The fourth-order valence-electron chi connectivity index (χ4n) is 5.20. The summed E-state index contributed by atoms with van der Waals surface area (Å²) in [5.41, 5.74) is 8.94. The van der Waals surface area contributed by atoms with Crippen molar-refractivity contribution in [2.24, 2.45) is 5.92 Å². The Hall–Kier alpha value is -4.12. The van der Waals surface area contributed by atoms with Gasteiger partial charge in [0.25, 0.3) is 5.89 Å². The molecule has 38 heavy (non-hydrogen) atoms. The Bertz CT molecular complexity index is 1430. The second-order valence-electron chi connectivity index (χ2n) is 10.2. The van der Waals surface area contributed by atoms with E-state index in [1.54, 1.807) is 36.6 Å². The predicted molar refractivity (Wildman–Crippen MR) is 139 cm³/mol. The highest BCUT2D eigenvalue weighted by Crippen LogP contribution is 2.50. The number of hydrogen-bond donors (Lipinski definition) is 1. The van der Waals surface area contributed by atoms with Crippen molar-refractivity contribution in [2.45, 2.75) is 44.2 Å². The molecule has 1 amide bonds. The van der Waals surface area contributed by atoms with Crippen molar-refractivity contribution in [3.8, 4) is 22.6 Å². The summed E-state index contributed by atoms with van der Waals surface area (Å²) in [6, 6.07) is 8.33. The number of carbonyl (C=O) groups excluding carboxylic acids is 1. The first-order chi connectivity index (χ1) is 18.4. The minimum absolute atomic E-state index is 0.0145. The van der Waals surface area contributed by atoms with Crippen molar-refractivity contribution in [3.05, 3.63) is 60.4 Å². The first kappa shape index (κ1) is 24.2. The summed E-state index contributed by atoms with van der Waals surface area (Å²) in [5.74, 6) is 1.73. The van der Waals surface area contributed by atoms with E-state index in [2.05, 4.69) is 51.4 Å². The van der Waals surface area contributed by atoms with Crippen molar-refractivity contribution < 1.29 is 14.1 Å². The molecule has 0 bridgehead atoms. The number of rotatable bonds is 8. The molecule has 1 saturated carbocycles. The summed E-state index contributed by atoms with van der Waals surface area (Å²) in [7, 11) is 1.68. The van der Waals surface area contributed by atoms with Crippen LogP contribution in [0.1, 0.15) is 37.6 Å². The van der Waals surface area contributed by atoms with Gasteiger partial charge in [0.2, 0.25) is 11.9 Å². The van der Waals surface area contributed by atoms with Crippen molar-refractivity contribution in [1.82, 2.24) is 34.8 Å². The van der Waals surface area contributed by atoms with Crippen molar-refractivity contribution in [2.75, 3.05) is 25.9 Å². The van der Waals surface area contributed by atoms with Crippen molar-refractivity contribution >= 4 is 11.9 Å². The van der Waals surface area contributed by atoms with Gasteiger partial charge in [-0.1, -0.05) is 29.4 Å². The zero-order valence-corrected chi connectivity index (χ0v) is 21.4. The molecule has 2 aliphatic rings. The van der Waals surface area contributed by atoms with Crippen LogP contribution in [0.25, 0.3) is 22.6 Å². The topological polar surface area (TPSA) is 138 Å². The number of nitrogens with two attached hydrogens (primary N) is 1. The van der Waals surface area contributed by atoms with Crippen LogP contribution in [-0.4, -0.2) is 67.0 Å². The maximum atomic E-state index is 12.7. The summed E-state index contributed by atoms with van der Waals surface area (Å²) in [6.45, 7) is 3.65. The fraction of sp³-hybridized carbons (Fsp3) is 0.407. The summed E-state index contributed by atoms with van der Waals surface area (Å²) >= 11 is 0. The Kier molecular flexibility index (Phi) is 6.15.